The van der Waals surface area contributed by atoms with E-state index in [1.165, 1.54) is 7.11 Å². The van der Waals surface area contributed by atoms with Crippen LogP contribution in [0.4, 0.5) is 0 Å². The van der Waals surface area contributed by atoms with Crippen molar-refractivity contribution in [2.75, 3.05) is 26.7 Å². The number of likely N-dealkylation sites (tertiary alicyclic amines) is 1. The van der Waals surface area contributed by atoms with E-state index >= 15 is 0 Å². The Hall–Kier alpha value is -2.44. The summed E-state index contributed by atoms with van der Waals surface area (Å²) in [5.41, 5.74) is 2.56. The van der Waals surface area contributed by atoms with Gasteiger partial charge >= 0.3 is 5.97 Å². The normalized spacial score (nSPS) is 17.8. The van der Waals surface area contributed by atoms with Crippen molar-refractivity contribution in [3.63, 3.8) is 0 Å². The van der Waals surface area contributed by atoms with Gasteiger partial charge in [0.1, 0.15) is 0 Å². The zero-order valence-electron chi connectivity index (χ0n) is 14.7. The highest BCUT2D eigenvalue weighted by Crippen LogP contribution is 2.25. The molecule has 3 heterocycles. The predicted molar refractivity (Wildman–Crippen MR) is 89.7 cm³/mol. The number of pyridine rings is 1. The molecule has 0 aromatic carbocycles. The Morgan fingerprint density at radius 1 is 1.12 bits per heavy atom. The Kier molecular flexibility index (Phi) is 5.01. The van der Waals surface area contributed by atoms with Gasteiger partial charge in [-0.3, -0.25) is 19.4 Å². The number of piperidine rings is 1. The summed E-state index contributed by atoms with van der Waals surface area (Å²) in [5, 5.41) is 0. The first-order valence-electron chi connectivity index (χ1n) is 8.59. The molecule has 1 fully saturated rings. The minimum atomic E-state index is -0.199. The van der Waals surface area contributed by atoms with E-state index in [0.29, 0.717) is 51.0 Å². The molecule has 1 aromatic heterocycles. The minimum absolute atomic E-state index is 0.0345. The van der Waals surface area contributed by atoms with E-state index in [4.69, 9.17) is 4.74 Å². The van der Waals surface area contributed by atoms with E-state index in [1.54, 1.807) is 29.1 Å². The van der Waals surface area contributed by atoms with Crippen LogP contribution < -0.4 is 0 Å². The monoisotopic (exact) mass is 345 g/mol. The van der Waals surface area contributed by atoms with Crippen LogP contribution in [-0.2, 0) is 27.3 Å². The van der Waals surface area contributed by atoms with Crippen molar-refractivity contribution in [3.05, 3.63) is 29.1 Å². The predicted octanol–water partition coefficient (Wildman–Crippen LogP) is 1.01. The number of hydrogen-bond acceptors (Lipinski definition) is 5. The van der Waals surface area contributed by atoms with Crippen LogP contribution in [0, 0.1) is 5.92 Å². The van der Waals surface area contributed by atoms with Crippen molar-refractivity contribution in [2.24, 2.45) is 5.92 Å². The number of rotatable bonds is 2. The number of methoxy groups -OCH3 is 1. The fourth-order valence-corrected chi connectivity index (χ4v) is 3.60. The number of ether oxygens (including phenoxy) is 1. The summed E-state index contributed by atoms with van der Waals surface area (Å²) in [6.07, 6.45) is 5.27. The number of amides is 2. The number of esters is 1. The summed E-state index contributed by atoms with van der Waals surface area (Å²) in [7, 11) is 1.39. The van der Waals surface area contributed by atoms with Gasteiger partial charge in [0.15, 0.2) is 0 Å². The molecule has 1 aromatic rings. The standard InChI is InChI=1S/C18H23N3O4/c1-12(22)21-8-5-15-14(11-21)9-19-10-16(15)17(23)20-6-3-13(4-7-20)18(24)25-2/h9-10,13H,3-8,11H2,1-2H3. The molecule has 0 unspecified atom stereocenters. The minimum Gasteiger partial charge on any atom is -0.469 e. The van der Waals surface area contributed by atoms with Gasteiger partial charge in [0.05, 0.1) is 18.6 Å². The lowest BCUT2D eigenvalue weighted by Gasteiger charge is -2.33. The molecule has 0 spiro atoms. The van der Waals surface area contributed by atoms with Crippen LogP contribution in [0.3, 0.4) is 0 Å². The summed E-state index contributed by atoms with van der Waals surface area (Å²) in [4.78, 5) is 43.9. The summed E-state index contributed by atoms with van der Waals surface area (Å²) < 4.78 is 4.79. The van der Waals surface area contributed by atoms with E-state index < -0.39 is 0 Å². The van der Waals surface area contributed by atoms with Gasteiger partial charge in [-0.1, -0.05) is 0 Å². The zero-order valence-corrected chi connectivity index (χ0v) is 14.7. The Morgan fingerprint density at radius 3 is 2.48 bits per heavy atom. The second-order valence-corrected chi connectivity index (χ2v) is 6.60. The van der Waals surface area contributed by atoms with Gasteiger partial charge < -0.3 is 14.5 Å². The average molecular weight is 345 g/mol. The van der Waals surface area contributed by atoms with Gasteiger partial charge in [0.25, 0.3) is 5.91 Å². The summed E-state index contributed by atoms with van der Waals surface area (Å²) in [6, 6.07) is 0. The van der Waals surface area contributed by atoms with Crippen LogP contribution in [0.15, 0.2) is 12.4 Å². The highest BCUT2D eigenvalue weighted by molar-refractivity contribution is 5.96. The maximum absolute atomic E-state index is 12.9. The molecule has 0 radical (unpaired) electrons. The third kappa shape index (κ3) is 3.50. The van der Waals surface area contributed by atoms with Crippen LogP contribution in [0.1, 0.15) is 41.3 Å². The van der Waals surface area contributed by atoms with Gasteiger partial charge in [0, 0.05) is 45.5 Å². The molecule has 0 saturated carbocycles. The van der Waals surface area contributed by atoms with E-state index in [-0.39, 0.29) is 23.7 Å². The zero-order chi connectivity index (χ0) is 18.0. The van der Waals surface area contributed by atoms with E-state index in [2.05, 4.69) is 4.98 Å². The number of hydrogen-bond donors (Lipinski definition) is 0. The second kappa shape index (κ2) is 7.21. The lowest BCUT2D eigenvalue weighted by Crippen LogP contribution is -2.41. The van der Waals surface area contributed by atoms with Crippen molar-refractivity contribution < 1.29 is 19.1 Å². The third-order valence-electron chi connectivity index (χ3n) is 5.13. The average Bonchev–Trinajstić information content (AvgIpc) is 2.65. The number of carbonyl (C=O) groups is 3. The number of nitrogens with zero attached hydrogens (tertiary/aromatic N) is 3. The fraction of sp³-hybridized carbons (Fsp3) is 0.556. The Bertz CT molecular complexity index is 696. The van der Waals surface area contributed by atoms with E-state index in [0.717, 1.165) is 11.1 Å². The van der Waals surface area contributed by atoms with Gasteiger partial charge in [0.2, 0.25) is 5.91 Å². The highest BCUT2D eigenvalue weighted by Gasteiger charge is 2.30. The molecule has 0 bridgehead atoms. The lowest BCUT2D eigenvalue weighted by molar-refractivity contribution is -0.146. The van der Waals surface area contributed by atoms with Gasteiger partial charge in [-0.15, -0.1) is 0 Å². The summed E-state index contributed by atoms with van der Waals surface area (Å²) in [5.74, 6) is -0.327. The lowest BCUT2D eigenvalue weighted by atomic mass is 9.94. The molecule has 0 N–H and O–H groups in total. The Balaban J connectivity index is 1.73. The van der Waals surface area contributed by atoms with Gasteiger partial charge in [-0.25, -0.2) is 0 Å². The first-order valence-corrected chi connectivity index (χ1v) is 8.59. The quantitative estimate of drug-likeness (QED) is 0.748. The molecule has 2 aliphatic heterocycles. The van der Waals surface area contributed by atoms with Crippen molar-refractivity contribution in [1.82, 2.24) is 14.8 Å². The summed E-state index contributed by atoms with van der Waals surface area (Å²) in [6.45, 7) is 3.77. The van der Waals surface area contributed by atoms with Crippen molar-refractivity contribution in [1.29, 1.82) is 0 Å². The molecular formula is C18H23N3O4. The molecular weight excluding hydrogens is 322 g/mol. The second-order valence-electron chi connectivity index (χ2n) is 6.60. The number of carbonyl (C=O) groups excluding carboxylic acids is 3. The third-order valence-corrected chi connectivity index (χ3v) is 5.13. The largest absolute Gasteiger partial charge is 0.469 e. The van der Waals surface area contributed by atoms with Crippen LogP contribution >= 0.6 is 0 Å². The smallest absolute Gasteiger partial charge is 0.308 e. The van der Waals surface area contributed by atoms with Gasteiger partial charge in [-0.2, -0.15) is 0 Å². The Morgan fingerprint density at radius 2 is 1.84 bits per heavy atom. The molecule has 0 atom stereocenters. The molecule has 0 aliphatic carbocycles. The number of fused-ring (bicyclic) bond motifs is 1. The molecule has 7 nitrogen and oxygen atoms in total. The van der Waals surface area contributed by atoms with Crippen molar-refractivity contribution in [2.45, 2.75) is 32.7 Å². The van der Waals surface area contributed by atoms with Crippen molar-refractivity contribution in [3.8, 4) is 0 Å². The van der Waals surface area contributed by atoms with Crippen LogP contribution in [0.25, 0.3) is 0 Å². The molecule has 3 rings (SSSR count). The Labute approximate surface area is 147 Å². The molecule has 1 saturated heterocycles. The van der Waals surface area contributed by atoms with Crippen molar-refractivity contribution >= 4 is 17.8 Å². The molecule has 2 amide bonds. The summed E-state index contributed by atoms with van der Waals surface area (Å²) >= 11 is 0. The molecule has 134 valence electrons. The topological polar surface area (TPSA) is 79.8 Å². The SMILES string of the molecule is COC(=O)C1CCN(C(=O)c2cncc3c2CCN(C(C)=O)C3)CC1. The number of aromatic nitrogens is 1. The molecule has 2 aliphatic rings. The van der Waals surface area contributed by atoms with Crippen LogP contribution in [0.5, 0.6) is 0 Å². The first-order chi connectivity index (χ1) is 12.0. The van der Waals surface area contributed by atoms with E-state index in [9.17, 15) is 14.4 Å². The first kappa shape index (κ1) is 17.4. The maximum Gasteiger partial charge on any atom is 0.308 e. The van der Waals surface area contributed by atoms with E-state index in [1.807, 2.05) is 0 Å². The van der Waals surface area contributed by atoms with Crippen LogP contribution in [-0.4, -0.2) is 59.3 Å². The highest BCUT2D eigenvalue weighted by atomic mass is 16.5. The van der Waals surface area contributed by atoms with Crippen LogP contribution in [0.2, 0.25) is 0 Å². The van der Waals surface area contributed by atoms with Gasteiger partial charge in [-0.05, 0) is 30.4 Å². The molecule has 25 heavy (non-hydrogen) atoms. The maximum atomic E-state index is 12.9. The molecule has 7 heteroatoms. The fourth-order valence-electron chi connectivity index (χ4n) is 3.60.